The molecule has 1 atom stereocenters. The van der Waals surface area contributed by atoms with Crippen molar-refractivity contribution < 1.29 is 19.1 Å². The number of hydrogen-bond donors (Lipinski definition) is 0. The molecule has 4 rings (SSSR count). The van der Waals surface area contributed by atoms with Crippen molar-refractivity contribution in [3.05, 3.63) is 59.7 Å². The maximum atomic E-state index is 13.3. The highest BCUT2D eigenvalue weighted by Crippen LogP contribution is 2.32. The predicted molar refractivity (Wildman–Crippen MR) is 119 cm³/mol. The number of rotatable bonds is 7. The van der Waals surface area contributed by atoms with Crippen LogP contribution in [0, 0.1) is 0 Å². The molecule has 1 fully saturated rings. The number of amides is 2. The zero-order valence-electron chi connectivity index (χ0n) is 17.7. The van der Waals surface area contributed by atoms with Gasteiger partial charge in [0.25, 0.3) is 5.91 Å². The molecule has 7 heteroatoms. The molecule has 162 valence electrons. The number of ether oxygens (including phenoxy) is 2. The second-order valence-electron chi connectivity index (χ2n) is 7.60. The Hall–Kier alpha value is -3.03. The fourth-order valence-electron chi connectivity index (χ4n) is 3.97. The Balaban J connectivity index is 1.50. The lowest BCUT2D eigenvalue weighted by atomic mass is 9.89. The van der Waals surface area contributed by atoms with Crippen molar-refractivity contribution in [1.29, 1.82) is 0 Å². The maximum Gasteiger partial charge on any atom is 0.265 e. The van der Waals surface area contributed by atoms with Crippen molar-refractivity contribution in [2.45, 2.75) is 12.3 Å². The fourth-order valence-corrected chi connectivity index (χ4v) is 3.97. The smallest absolute Gasteiger partial charge is 0.265 e. The van der Waals surface area contributed by atoms with Gasteiger partial charge in [0.1, 0.15) is 5.75 Å². The summed E-state index contributed by atoms with van der Waals surface area (Å²) in [6, 6.07) is 14.2. The molecular formula is C24H27N3O4. The summed E-state index contributed by atoms with van der Waals surface area (Å²) in [7, 11) is 1.58. The molecule has 2 heterocycles. The Bertz CT molecular complexity index is 952. The van der Waals surface area contributed by atoms with Crippen molar-refractivity contribution >= 4 is 23.7 Å². The summed E-state index contributed by atoms with van der Waals surface area (Å²) >= 11 is 0. The Labute approximate surface area is 182 Å². The van der Waals surface area contributed by atoms with Gasteiger partial charge in [-0.3, -0.25) is 19.5 Å². The van der Waals surface area contributed by atoms with Crippen LogP contribution in [0.15, 0.2) is 53.5 Å². The first-order valence-electron chi connectivity index (χ1n) is 10.6. The highest BCUT2D eigenvalue weighted by Gasteiger charge is 2.38. The summed E-state index contributed by atoms with van der Waals surface area (Å²) in [4.78, 5) is 34.6. The number of fused-ring (bicyclic) bond motifs is 1. The minimum absolute atomic E-state index is 0.286. The third-order valence-electron chi connectivity index (χ3n) is 5.67. The van der Waals surface area contributed by atoms with Crippen LogP contribution in [0.3, 0.4) is 0 Å². The van der Waals surface area contributed by atoms with Gasteiger partial charge in [0.05, 0.1) is 31.9 Å². The molecule has 0 saturated carbocycles. The van der Waals surface area contributed by atoms with E-state index < -0.39 is 5.92 Å². The summed E-state index contributed by atoms with van der Waals surface area (Å²) in [5.41, 5.74) is 1.76. The van der Waals surface area contributed by atoms with Crippen molar-refractivity contribution in [3.8, 4) is 5.75 Å². The number of hydrogen-bond acceptors (Lipinski definition) is 6. The van der Waals surface area contributed by atoms with Crippen LogP contribution in [-0.4, -0.2) is 69.4 Å². The van der Waals surface area contributed by atoms with Gasteiger partial charge < -0.3 is 9.47 Å². The van der Waals surface area contributed by atoms with Crippen LogP contribution in [-0.2, 0) is 9.53 Å². The van der Waals surface area contributed by atoms with Gasteiger partial charge >= 0.3 is 0 Å². The molecule has 0 spiro atoms. The molecule has 2 aromatic rings. The minimum Gasteiger partial charge on any atom is -0.497 e. The van der Waals surface area contributed by atoms with Crippen LogP contribution < -0.4 is 9.64 Å². The number of methoxy groups -OCH3 is 1. The third-order valence-corrected chi connectivity index (χ3v) is 5.67. The molecule has 0 N–H and O–H groups in total. The number of carbonyl (C=O) groups excluding carboxylic acids is 2. The summed E-state index contributed by atoms with van der Waals surface area (Å²) < 4.78 is 10.6. The lowest BCUT2D eigenvalue weighted by Gasteiger charge is -2.31. The van der Waals surface area contributed by atoms with E-state index in [0.717, 1.165) is 39.3 Å². The van der Waals surface area contributed by atoms with Gasteiger partial charge in [-0.15, -0.1) is 0 Å². The molecule has 7 nitrogen and oxygen atoms in total. The van der Waals surface area contributed by atoms with Gasteiger partial charge in [0.2, 0.25) is 5.91 Å². The average Bonchev–Trinajstić information content (AvgIpc) is 2.82. The van der Waals surface area contributed by atoms with Crippen LogP contribution in [0.2, 0.25) is 0 Å². The first-order valence-corrected chi connectivity index (χ1v) is 10.6. The van der Waals surface area contributed by atoms with Crippen molar-refractivity contribution in [2.24, 2.45) is 4.99 Å². The summed E-state index contributed by atoms with van der Waals surface area (Å²) in [5.74, 6) is -0.521. The van der Waals surface area contributed by atoms with E-state index >= 15 is 0 Å². The van der Waals surface area contributed by atoms with Gasteiger partial charge in [-0.2, -0.15) is 0 Å². The minimum atomic E-state index is -0.584. The van der Waals surface area contributed by atoms with Crippen LogP contribution in [0.25, 0.3) is 0 Å². The molecule has 2 aromatic carbocycles. The van der Waals surface area contributed by atoms with Crippen LogP contribution in [0.1, 0.15) is 28.3 Å². The molecule has 0 radical (unpaired) electrons. The summed E-state index contributed by atoms with van der Waals surface area (Å²) in [6.45, 7) is 5.08. The zero-order chi connectivity index (χ0) is 21.6. The van der Waals surface area contributed by atoms with Crippen molar-refractivity contribution in [1.82, 2.24) is 4.90 Å². The van der Waals surface area contributed by atoms with E-state index in [2.05, 4.69) is 9.89 Å². The molecule has 31 heavy (non-hydrogen) atoms. The molecular weight excluding hydrogens is 394 g/mol. The van der Waals surface area contributed by atoms with Crippen LogP contribution >= 0.6 is 0 Å². The lowest BCUT2D eigenvalue weighted by molar-refractivity contribution is -0.118. The number of nitrogens with zero attached hydrogens (tertiary/aromatic N) is 3. The average molecular weight is 421 g/mol. The second kappa shape index (κ2) is 9.85. The number of imide groups is 1. The van der Waals surface area contributed by atoms with E-state index in [0.29, 0.717) is 29.1 Å². The van der Waals surface area contributed by atoms with Gasteiger partial charge in [-0.25, -0.2) is 4.90 Å². The fraction of sp³-hybridized carbons (Fsp3) is 0.375. The molecule has 0 aliphatic carbocycles. The zero-order valence-corrected chi connectivity index (χ0v) is 17.7. The lowest BCUT2D eigenvalue weighted by Crippen LogP contribution is -2.45. The highest BCUT2D eigenvalue weighted by atomic mass is 16.5. The Morgan fingerprint density at radius 1 is 1.10 bits per heavy atom. The summed E-state index contributed by atoms with van der Waals surface area (Å²) in [6.07, 6.45) is 2.61. The van der Waals surface area contributed by atoms with E-state index in [-0.39, 0.29) is 11.8 Å². The number of benzene rings is 2. The van der Waals surface area contributed by atoms with Gasteiger partial charge in [0, 0.05) is 38.0 Å². The predicted octanol–water partition coefficient (Wildman–Crippen LogP) is 2.76. The molecule has 2 amide bonds. The molecule has 0 aromatic heterocycles. The number of anilines is 1. The standard InChI is InChI=1S/C24H27N3O4/c1-30-19-9-7-18(8-10-19)27-23(28)21-6-3-2-5-20(21)22(24(27)29)17-25-11-4-12-26-13-15-31-16-14-26/h2-3,5-10,17,22H,4,11-16H2,1H3/t22-/m1/s1. The van der Waals surface area contributed by atoms with E-state index in [4.69, 9.17) is 9.47 Å². The van der Waals surface area contributed by atoms with Gasteiger partial charge in [-0.1, -0.05) is 18.2 Å². The first-order chi connectivity index (χ1) is 15.2. The Morgan fingerprint density at radius 2 is 1.84 bits per heavy atom. The van der Waals surface area contributed by atoms with Gasteiger partial charge in [0.15, 0.2) is 0 Å². The molecule has 0 bridgehead atoms. The van der Waals surface area contributed by atoms with E-state index in [9.17, 15) is 9.59 Å². The quantitative estimate of drug-likeness (QED) is 0.391. The molecule has 0 unspecified atom stereocenters. The van der Waals surface area contributed by atoms with Crippen molar-refractivity contribution in [3.63, 3.8) is 0 Å². The number of aliphatic imine (C=N–C) groups is 1. The second-order valence-corrected chi connectivity index (χ2v) is 7.60. The van der Waals surface area contributed by atoms with E-state index in [1.807, 2.05) is 18.2 Å². The van der Waals surface area contributed by atoms with E-state index in [1.165, 1.54) is 4.90 Å². The maximum absolute atomic E-state index is 13.3. The SMILES string of the molecule is COc1ccc(N2C(=O)c3ccccc3[C@@H](C=NCCCN3CCOCC3)C2=O)cc1. The molecule has 2 aliphatic rings. The third kappa shape index (κ3) is 4.68. The monoisotopic (exact) mass is 421 g/mol. The van der Waals surface area contributed by atoms with Crippen LogP contribution in [0.4, 0.5) is 5.69 Å². The summed E-state index contributed by atoms with van der Waals surface area (Å²) in [5, 5.41) is 0. The number of carbonyl (C=O) groups is 2. The number of morpholine rings is 1. The largest absolute Gasteiger partial charge is 0.497 e. The highest BCUT2D eigenvalue weighted by molar-refractivity contribution is 6.29. The van der Waals surface area contributed by atoms with Crippen LogP contribution in [0.5, 0.6) is 5.75 Å². The first kappa shape index (κ1) is 21.2. The molecule has 1 saturated heterocycles. The van der Waals surface area contributed by atoms with E-state index in [1.54, 1.807) is 43.7 Å². The Kier molecular flexibility index (Phi) is 6.74. The van der Waals surface area contributed by atoms with Crippen molar-refractivity contribution in [2.75, 3.05) is 51.4 Å². The topological polar surface area (TPSA) is 71.4 Å². The Morgan fingerprint density at radius 3 is 2.58 bits per heavy atom. The normalized spacial score (nSPS) is 19.6. The van der Waals surface area contributed by atoms with Gasteiger partial charge in [-0.05, 0) is 42.3 Å². The molecule has 2 aliphatic heterocycles.